The molecular formula is C14H24. The fourth-order valence-corrected chi connectivity index (χ4v) is 2.46. The zero-order valence-corrected chi connectivity index (χ0v) is 9.97. The highest BCUT2D eigenvalue weighted by atomic mass is 14.5. The van der Waals surface area contributed by atoms with Crippen molar-refractivity contribution in [3.8, 4) is 0 Å². The van der Waals surface area contributed by atoms with E-state index in [4.69, 9.17) is 0 Å². The normalized spacial score (nSPS) is 26.4. The predicted molar refractivity (Wildman–Crippen MR) is 62.2 cm³/mol. The van der Waals surface area contributed by atoms with Gasteiger partial charge in [-0.3, -0.25) is 0 Å². The van der Waals surface area contributed by atoms with E-state index >= 15 is 0 Å². The molecule has 0 radical (unpaired) electrons. The molecule has 0 amide bonds. The van der Waals surface area contributed by atoms with Crippen LogP contribution in [0.5, 0.6) is 0 Å². The minimum Gasteiger partial charge on any atom is -0.0848 e. The SMILES string of the molecule is CC(C)C(C)CC1=CCC2(CC1)CC2. The van der Waals surface area contributed by atoms with Gasteiger partial charge in [0.1, 0.15) is 0 Å². The number of hydrogen-bond donors (Lipinski definition) is 0. The summed E-state index contributed by atoms with van der Waals surface area (Å²) >= 11 is 0. The molecule has 0 heterocycles. The average molecular weight is 192 g/mol. The summed E-state index contributed by atoms with van der Waals surface area (Å²) in [6.07, 6.45) is 11.2. The van der Waals surface area contributed by atoms with E-state index in [-0.39, 0.29) is 0 Å². The molecule has 0 heteroatoms. The first-order valence-corrected chi connectivity index (χ1v) is 6.29. The zero-order chi connectivity index (χ0) is 10.2. The summed E-state index contributed by atoms with van der Waals surface area (Å²) in [5.41, 5.74) is 2.56. The third-order valence-corrected chi connectivity index (χ3v) is 4.48. The van der Waals surface area contributed by atoms with Crippen LogP contribution in [0.4, 0.5) is 0 Å². The van der Waals surface area contributed by atoms with Gasteiger partial charge in [0.25, 0.3) is 0 Å². The molecule has 0 N–H and O–H groups in total. The van der Waals surface area contributed by atoms with E-state index in [1.165, 1.54) is 38.5 Å². The molecule has 1 atom stereocenters. The van der Waals surface area contributed by atoms with Crippen molar-refractivity contribution >= 4 is 0 Å². The van der Waals surface area contributed by atoms with Crippen LogP contribution in [0.25, 0.3) is 0 Å². The molecule has 1 fully saturated rings. The van der Waals surface area contributed by atoms with Crippen molar-refractivity contribution in [2.24, 2.45) is 17.3 Å². The van der Waals surface area contributed by atoms with Crippen LogP contribution >= 0.6 is 0 Å². The Balaban J connectivity index is 1.84. The summed E-state index contributed by atoms with van der Waals surface area (Å²) in [7, 11) is 0. The van der Waals surface area contributed by atoms with Gasteiger partial charge >= 0.3 is 0 Å². The van der Waals surface area contributed by atoms with Gasteiger partial charge in [-0.1, -0.05) is 32.4 Å². The average Bonchev–Trinajstić information content (AvgIpc) is 2.90. The van der Waals surface area contributed by atoms with Crippen LogP contribution < -0.4 is 0 Å². The lowest BCUT2D eigenvalue weighted by molar-refractivity contribution is 0.387. The van der Waals surface area contributed by atoms with E-state index in [1.807, 2.05) is 0 Å². The van der Waals surface area contributed by atoms with Gasteiger partial charge in [-0.15, -0.1) is 0 Å². The highest BCUT2D eigenvalue weighted by Gasteiger charge is 2.42. The second-order valence-corrected chi connectivity index (χ2v) is 5.99. The topological polar surface area (TPSA) is 0 Å². The van der Waals surface area contributed by atoms with Crippen molar-refractivity contribution in [3.63, 3.8) is 0 Å². The Kier molecular flexibility index (Phi) is 2.72. The molecule has 0 aromatic heterocycles. The first-order chi connectivity index (χ1) is 6.61. The van der Waals surface area contributed by atoms with Crippen molar-refractivity contribution in [1.29, 1.82) is 0 Å². The van der Waals surface area contributed by atoms with Crippen LogP contribution in [0.1, 0.15) is 59.3 Å². The molecule has 1 unspecified atom stereocenters. The number of hydrogen-bond acceptors (Lipinski definition) is 0. The maximum atomic E-state index is 2.56. The molecule has 0 nitrogen and oxygen atoms in total. The van der Waals surface area contributed by atoms with E-state index < -0.39 is 0 Å². The third kappa shape index (κ3) is 2.21. The van der Waals surface area contributed by atoms with Crippen molar-refractivity contribution in [1.82, 2.24) is 0 Å². The predicted octanol–water partition coefficient (Wildman–Crippen LogP) is 4.56. The van der Waals surface area contributed by atoms with Crippen molar-refractivity contribution in [2.45, 2.75) is 59.3 Å². The Morgan fingerprint density at radius 1 is 1.21 bits per heavy atom. The van der Waals surface area contributed by atoms with Gasteiger partial charge in [0, 0.05) is 0 Å². The molecular weight excluding hydrogens is 168 g/mol. The first kappa shape index (κ1) is 10.3. The Morgan fingerprint density at radius 3 is 2.36 bits per heavy atom. The minimum atomic E-state index is 0.810. The minimum absolute atomic E-state index is 0.810. The Morgan fingerprint density at radius 2 is 1.93 bits per heavy atom. The maximum Gasteiger partial charge on any atom is -0.0259 e. The molecule has 1 saturated carbocycles. The quantitative estimate of drug-likeness (QED) is 0.575. The van der Waals surface area contributed by atoms with Crippen LogP contribution in [-0.4, -0.2) is 0 Å². The second kappa shape index (κ2) is 3.72. The Hall–Kier alpha value is -0.260. The molecule has 2 aliphatic carbocycles. The molecule has 80 valence electrons. The third-order valence-electron chi connectivity index (χ3n) is 4.48. The lowest BCUT2D eigenvalue weighted by Crippen LogP contribution is -2.10. The number of rotatable bonds is 3. The van der Waals surface area contributed by atoms with Crippen molar-refractivity contribution < 1.29 is 0 Å². The van der Waals surface area contributed by atoms with Crippen LogP contribution in [0.15, 0.2) is 11.6 Å². The molecule has 14 heavy (non-hydrogen) atoms. The summed E-state index contributed by atoms with van der Waals surface area (Å²) in [5.74, 6) is 1.71. The zero-order valence-electron chi connectivity index (χ0n) is 9.97. The van der Waals surface area contributed by atoms with Crippen LogP contribution in [-0.2, 0) is 0 Å². The highest BCUT2D eigenvalue weighted by Crippen LogP contribution is 2.55. The van der Waals surface area contributed by atoms with Crippen LogP contribution in [0.2, 0.25) is 0 Å². The van der Waals surface area contributed by atoms with Gasteiger partial charge in [-0.05, 0) is 55.8 Å². The summed E-state index contributed by atoms with van der Waals surface area (Å²) in [4.78, 5) is 0. The van der Waals surface area contributed by atoms with Crippen molar-refractivity contribution in [3.05, 3.63) is 11.6 Å². The van der Waals surface area contributed by atoms with Crippen LogP contribution in [0, 0.1) is 17.3 Å². The highest BCUT2D eigenvalue weighted by molar-refractivity contribution is 5.14. The van der Waals surface area contributed by atoms with Gasteiger partial charge in [0.15, 0.2) is 0 Å². The van der Waals surface area contributed by atoms with Crippen molar-refractivity contribution in [2.75, 3.05) is 0 Å². The fraction of sp³-hybridized carbons (Fsp3) is 0.857. The lowest BCUT2D eigenvalue weighted by atomic mass is 9.82. The molecule has 0 aromatic rings. The molecule has 0 aliphatic heterocycles. The first-order valence-electron chi connectivity index (χ1n) is 6.29. The standard InChI is InChI=1S/C14H24/c1-11(2)12(3)10-13-4-6-14(7-5-13)8-9-14/h4,11-12H,5-10H2,1-3H3. The largest absolute Gasteiger partial charge is 0.0848 e. The molecule has 1 spiro atoms. The smallest absolute Gasteiger partial charge is 0.0259 e. The number of allylic oxidation sites excluding steroid dienone is 2. The second-order valence-electron chi connectivity index (χ2n) is 5.99. The van der Waals surface area contributed by atoms with E-state index in [2.05, 4.69) is 26.8 Å². The molecule has 0 bridgehead atoms. The van der Waals surface area contributed by atoms with E-state index in [0.717, 1.165) is 17.3 Å². The van der Waals surface area contributed by atoms with Crippen LogP contribution in [0.3, 0.4) is 0 Å². The summed E-state index contributed by atoms with van der Waals surface area (Å²) in [6.45, 7) is 7.08. The summed E-state index contributed by atoms with van der Waals surface area (Å²) in [6, 6.07) is 0. The van der Waals surface area contributed by atoms with Gasteiger partial charge in [0.05, 0.1) is 0 Å². The molecule has 0 saturated heterocycles. The molecule has 2 aliphatic rings. The Labute approximate surface area is 88.8 Å². The lowest BCUT2D eigenvalue weighted by Gasteiger charge is -2.24. The Bertz CT molecular complexity index is 230. The van der Waals surface area contributed by atoms with E-state index in [1.54, 1.807) is 5.57 Å². The summed E-state index contributed by atoms with van der Waals surface area (Å²) < 4.78 is 0. The summed E-state index contributed by atoms with van der Waals surface area (Å²) in [5, 5.41) is 0. The monoisotopic (exact) mass is 192 g/mol. The molecule has 2 rings (SSSR count). The maximum absolute atomic E-state index is 2.56. The fourth-order valence-electron chi connectivity index (χ4n) is 2.46. The van der Waals surface area contributed by atoms with Gasteiger partial charge in [-0.2, -0.15) is 0 Å². The van der Waals surface area contributed by atoms with Gasteiger partial charge < -0.3 is 0 Å². The van der Waals surface area contributed by atoms with E-state index in [9.17, 15) is 0 Å². The van der Waals surface area contributed by atoms with Gasteiger partial charge in [0.2, 0.25) is 0 Å². The molecule has 0 aromatic carbocycles. The van der Waals surface area contributed by atoms with E-state index in [0.29, 0.717) is 0 Å². The van der Waals surface area contributed by atoms with Gasteiger partial charge in [-0.25, -0.2) is 0 Å².